The zero-order valence-corrected chi connectivity index (χ0v) is 13.8. The van der Waals surface area contributed by atoms with E-state index in [-0.39, 0.29) is 0 Å². The van der Waals surface area contributed by atoms with Crippen LogP contribution in [0.25, 0.3) is 0 Å². The summed E-state index contributed by atoms with van der Waals surface area (Å²) >= 11 is 1.66. The van der Waals surface area contributed by atoms with E-state index in [4.69, 9.17) is 4.98 Å². The van der Waals surface area contributed by atoms with Crippen LogP contribution in [-0.2, 0) is 18.7 Å². The molecule has 2 aromatic rings. The smallest absolute Gasteiger partial charge is 0.114 e. The van der Waals surface area contributed by atoms with Crippen LogP contribution in [0.5, 0.6) is 0 Å². The second kappa shape index (κ2) is 6.51. The average Bonchev–Trinajstić information content (AvgIpc) is 2.53. The van der Waals surface area contributed by atoms with Gasteiger partial charge in [0.15, 0.2) is 0 Å². The van der Waals surface area contributed by atoms with Gasteiger partial charge in [-0.1, -0.05) is 29.8 Å². The number of hydrogen-bond acceptors (Lipinski definition) is 3. The quantitative estimate of drug-likeness (QED) is 0.883. The van der Waals surface area contributed by atoms with Crippen molar-refractivity contribution in [3.05, 3.63) is 58.3 Å². The zero-order chi connectivity index (χ0) is 15.5. The van der Waals surface area contributed by atoms with Crippen molar-refractivity contribution in [1.82, 2.24) is 4.98 Å². The Morgan fingerprint density at radius 2 is 2.09 bits per heavy atom. The van der Waals surface area contributed by atoms with E-state index in [1.165, 1.54) is 27.3 Å². The highest BCUT2D eigenvalue weighted by atomic mass is 32.2. The van der Waals surface area contributed by atoms with Gasteiger partial charge in [0.25, 0.3) is 0 Å². The van der Waals surface area contributed by atoms with Gasteiger partial charge in [0, 0.05) is 17.7 Å². The number of nitrogens with zero attached hydrogens (tertiary/aromatic N) is 2. The van der Waals surface area contributed by atoms with E-state index in [9.17, 15) is 5.26 Å². The minimum atomic E-state index is 0.713. The van der Waals surface area contributed by atoms with Gasteiger partial charge in [-0.3, -0.25) is 0 Å². The van der Waals surface area contributed by atoms with Crippen molar-refractivity contribution in [2.75, 3.05) is 13.6 Å². The fraction of sp³-hybridized carbons (Fsp3) is 0.333. The highest BCUT2D eigenvalue weighted by molar-refractivity contribution is 7.98. The van der Waals surface area contributed by atoms with Crippen molar-refractivity contribution in [3.8, 4) is 6.07 Å². The van der Waals surface area contributed by atoms with Crippen LogP contribution in [-0.4, -0.2) is 18.6 Å². The predicted molar refractivity (Wildman–Crippen MR) is 88.9 cm³/mol. The van der Waals surface area contributed by atoms with Crippen molar-refractivity contribution >= 4 is 11.8 Å². The van der Waals surface area contributed by atoms with E-state index < -0.39 is 0 Å². The Bertz CT molecular complexity index is 716. The van der Waals surface area contributed by atoms with E-state index in [2.05, 4.69) is 44.3 Å². The average molecular weight is 310 g/mol. The van der Waals surface area contributed by atoms with Gasteiger partial charge in [0.05, 0.1) is 24.8 Å². The summed E-state index contributed by atoms with van der Waals surface area (Å²) in [5, 5.41) is 10.3. The first-order valence-corrected chi connectivity index (χ1v) is 8.57. The Labute approximate surface area is 136 Å². The van der Waals surface area contributed by atoms with E-state index in [0.717, 1.165) is 30.3 Å². The van der Waals surface area contributed by atoms with Crippen molar-refractivity contribution in [2.45, 2.75) is 30.7 Å². The topological polar surface area (TPSA) is 41.1 Å². The van der Waals surface area contributed by atoms with Gasteiger partial charge in [0.2, 0.25) is 0 Å². The third-order valence-corrected chi connectivity index (χ3v) is 5.12. The summed E-state index contributed by atoms with van der Waals surface area (Å²) in [6.45, 7) is 4.18. The lowest BCUT2D eigenvalue weighted by Crippen LogP contribution is -3.08. The van der Waals surface area contributed by atoms with Crippen LogP contribution in [0.15, 0.2) is 35.4 Å². The molecule has 1 aromatic carbocycles. The molecule has 0 saturated carbocycles. The monoisotopic (exact) mass is 310 g/mol. The predicted octanol–water partition coefficient (Wildman–Crippen LogP) is 2.12. The molecule has 0 amide bonds. The third-order valence-electron chi connectivity index (χ3n) is 4.05. The molecule has 3 nitrogen and oxygen atoms in total. The van der Waals surface area contributed by atoms with Gasteiger partial charge in [-0.15, -0.1) is 11.8 Å². The van der Waals surface area contributed by atoms with Gasteiger partial charge in [-0.05, 0) is 18.6 Å². The molecular formula is C18H20N3S+. The molecule has 1 aromatic heterocycles. The highest BCUT2D eigenvalue weighted by Gasteiger charge is 2.20. The van der Waals surface area contributed by atoms with Crippen LogP contribution in [0.3, 0.4) is 0 Å². The van der Waals surface area contributed by atoms with E-state index in [1.54, 1.807) is 11.8 Å². The molecule has 0 spiro atoms. The van der Waals surface area contributed by atoms with Gasteiger partial charge in [-0.2, -0.15) is 5.26 Å². The van der Waals surface area contributed by atoms with Gasteiger partial charge in [-0.25, -0.2) is 4.98 Å². The SMILES string of the molecule is Cc1ccc(CSc2nc3c(cc2C#N)C[NH+](C)CC3)cc1. The largest absolute Gasteiger partial charge is 0.333 e. The van der Waals surface area contributed by atoms with Crippen LogP contribution < -0.4 is 4.90 Å². The van der Waals surface area contributed by atoms with Gasteiger partial charge >= 0.3 is 0 Å². The Morgan fingerprint density at radius 1 is 1.32 bits per heavy atom. The number of aromatic nitrogens is 1. The molecule has 1 aliphatic heterocycles. The van der Waals surface area contributed by atoms with Crippen molar-refractivity contribution < 1.29 is 4.90 Å². The summed E-state index contributed by atoms with van der Waals surface area (Å²) < 4.78 is 0. The Hall–Kier alpha value is -1.83. The van der Waals surface area contributed by atoms with Crippen molar-refractivity contribution in [1.29, 1.82) is 5.26 Å². The first-order chi connectivity index (χ1) is 10.7. The molecule has 112 valence electrons. The highest BCUT2D eigenvalue weighted by Crippen LogP contribution is 2.27. The molecule has 1 N–H and O–H groups in total. The summed E-state index contributed by atoms with van der Waals surface area (Å²) in [5.41, 5.74) is 5.66. The third kappa shape index (κ3) is 3.32. The number of hydrogen-bond donors (Lipinski definition) is 1. The Morgan fingerprint density at radius 3 is 2.82 bits per heavy atom. The second-order valence-electron chi connectivity index (χ2n) is 5.97. The number of rotatable bonds is 3. The minimum Gasteiger partial charge on any atom is -0.333 e. The normalized spacial score (nSPS) is 16.9. The van der Waals surface area contributed by atoms with Crippen molar-refractivity contribution in [3.63, 3.8) is 0 Å². The fourth-order valence-corrected chi connectivity index (χ4v) is 3.65. The van der Waals surface area contributed by atoms with Crippen LogP contribution in [0.2, 0.25) is 0 Å². The lowest BCUT2D eigenvalue weighted by molar-refractivity contribution is -0.895. The van der Waals surface area contributed by atoms with Crippen LogP contribution >= 0.6 is 11.8 Å². The number of benzene rings is 1. The maximum Gasteiger partial charge on any atom is 0.114 e. The summed E-state index contributed by atoms with van der Waals surface area (Å²) in [5.74, 6) is 0.853. The molecule has 4 heteroatoms. The number of nitriles is 1. The number of likely N-dealkylation sites (N-methyl/N-ethyl adjacent to an activating group) is 1. The van der Waals surface area contributed by atoms with E-state index in [1.807, 2.05) is 6.07 Å². The fourth-order valence-electron chi connectivity index (χ4n) is 2.71. The summed E-state index contributed by atoms with van der Waals surface area (Å²) in [6, 6.07) is 12.9. The number of nitrogens with one attached hydrogen (secondary N) is 1. The number of fused-ring (bicyclic) bond motifs is 1. The zero-order valence-electron chi connectivity index (χ0n) is 13.0. The number of aryl methyl sites for hydroxylation is 1. The molecule has 1 aliphatic rings. The molecule has 0 bridgehead atoms. The summed E-state index contributed by atoms with van der Waals surface area (Å²) in [4.78, 5) is 6.26. The van der Waals surface area contributed by atoms with Crippen LogP contribution in [0.1, 0.15) is 27.9 Å². The molecule has 1 unspecified atom stereocenters. The molecule has 22 heavy (non-hydrogen) atoms. The lowest BCUT2D eigenvalue weighted by Gasteiger charge is -2.22. The molecule has 0 fully saturated rings. The number of quaternary nitrogens is 1. The first-order valence-electron chi connectivity index (χ1n) is 7.58. The van der Waals surface area contributed by atoms with Gasteiger partial charge in [0.1, 0.15) is 17.6 Å². The molecule has 0 aliphatic carbocycles. The van der Waals surface area contributed by atoms with E-state index in [0.29, 0.717) is 5.56 Å². The Kier molecular flexibility index (Phi) is 4.47. The minimum absolute atomic E-state index is 0.713. The first kappa shape index (κ1) is 15.1. The molecule has 1 atom stereocenters. The van der Waals surface area contributed by atoms with Crippen molar-refractivity contribution in [2.24, 2.45) is 0 Å². The van der Waals surface area contributed by atoms with E-state index >= 15 is 0 Å². The molecule has 0 saturated heterocycles. The second-order valence-corrected chi connectivity index (χ2v) is 6.93. The van der Waals surface area contributed by atoms with Gasteiger partial charge < -0.3 is 4.90 Å². The standard InChI is InChI=1S/C18H19N3S/c1-13-3-5-14(6-4-13)12-22-18-15(10-19)9-16-11-21(2)8-7-17(16)20-18/h3-6,9H,7-8,11-12H2,1-2H3/p+1. The lowest BCUT2D eigenvalue weighted by atomic mass is 10.0. The number of pyridine rings is 1. The van der Waals surface area contributed by atoms with Crippen LogP contribution in [0.4, 0.5) is 0 Å². The molecule has 0 radical (unpaired) electrons. The summed E-state index contributed by atoms with van der Waals surface area (Å²) in [7, 11) is 2.19. The molecule has 3 rings (SSSR count). The molecular weight excluding hydrogens is 290 g/mol. The number of thioether (sulfide) groups is 1. The Balaban J connectivity index is 1.81. The van der Waals surface area contributed by atoms with Crippen LogP contribution in [0, 0.1) is 18.3 Å². The summed E-state index contributed by atoms with van der Waals surface area (Å²) in [6.07, 6.45) is 1.00. The maximum absolute atomic E-state index is 9.41. The molecule has 2 heterocycles. The maximum atomic E-state index is 9.41.